The Kier molecular flexibility index (Phi) is 7.74. The van der Waals surface area contributed by atoms with Crippen LogP contribution in [0.3, 0.4) is 0 Å². The van der Waals surface area contributed by atoms with Crippen molar-refractivity contribution in [1.82, 2.24) is 9.88 Å². The summed E-state index contributed by atoms with van der Waals surface area (Å²) < 4.78 is 5.12. The van der Waals surface area contributed by atoms with Crippen LogP contribution in [0.4, 0.5) is 11.4 Å². The lowest BCUT2D eigenvalue weighted by atomic mass is 10.00. The van der Waals surface area contributed by atoms with Gasteiger partial charge in [0, 0.05) is 29.2 Å². The summed E-state index contributed by atoms with van der Waals surface area (Å²) in [7, 11) is 1.79. The van der Waals surface area contributed by atoms with Crippen molar-refractivity contribution in [2.45, 2.75) is 19.8 Å². The van der Waals surface area contributed by atoms with Gasteiger partial charge in [0.25, 0.3) is 0 Å². The van der Waals surface area contributed by atoms with Crippen molar-refractivity contribution in [2.75, 3.05) is 38.2 Å². The zero-order valence-electron chi connectivity index (χ0n) is 22.2. The van der Waals surface area contributed by atoms with Crippen LogP contribution in [0.5, 0.6) is 5.88 Å². The fourth-order valence-corrected chi connectivity index (χ4v) is 4.89. The van der Waals surface area contributed by atoms with Gasteiger partial charge in [0.15, 0.2) is 5.88 Å². The van der Waals surface area contributed by atoms with Crippen molar-refractivity contribution in [3.63, 3.8) is 0 Å². The Morgan fingerprint density at radius 3 is 2.41 bits per heavy atom. The van der Waals surface area contributed by atoms with E-state index in [-0.39, 0.29) is 18.4 Å². The summed E-state index contributed by atoms with van der Waals surface area (Å²) in [4.78, 5) is 36.8. The van der Waals surface area contributed by atoms with E-state index in [9.17, 15) is 14.7 Å². The summed E-state index contributed by atoms with van der Waals surface area (Å²) in [5, 5.41) is 11.7. The molecule has 1 aromatic heterocycles. The quantitative estimate of drug-likeness (QED) is 0.241. The molecule has 2 heterocycles. The Balaban J connectivity index is 1.48. The lowest BCUT2D eigenvalue weighted by molar-refractivity contribution is -0.119. The number of likely N-dealkylation sites (N-methyl/N-ethyl adjacent to an activating group) is 1. The van der Waals surface area contributed by atoms with Crippen molar-refractivity contribution < 1.29 is 19.4 Å². The molecule has 0 saturated carbocycles. The molecule has 0 atom stereocenters. The molecule has 200 valence electrons. The van der Waals surface area contributed by atoms with Crippen LogP contribution in [0, 0.1) is 0 Å². The largest absolute Gasteiger partial charge is 0.494 e. The minimum absolute atomic E-state index is 0.0440. The van der Waals surface area contributed by atoms with Gasteiger partial charge >= 0.3 is 5.97 Å². The van der Waals surface area contributed by atoms with Crippen molar-refractivity contribution in [1.29, 1.82) is 0 Å². The number of carbonyl (C=O) groups excluding carboxylic acids is 2. The second kappa shape index (κ2) is 11.5. The van der Waals surface area contributed by atoms with E-state index in [0.29, 0.717) is 34.6 Å². The number of fused-ring (bicyclic) bond motifs is 1. The lowest BCUT2D eigenvalue weighted by Gasteiger charge is -2.21. The maximum atomic E-state index is 12.8. The smallest absolute Gasteiger partial charge is 0.338 e. The molecule has 8 nitrogen and oxygen atoms in total. The number of H-pyrrole nitrogens is 1. The highest BCUT2D eigenvalue weighted by Gasteiger charge is 2.21. The van der Waals surface area contributed by atoms with Crippen molar-refractivity contribution >= 4 is 39.9 Å². The number of likely N-dealkylation sites (tertiary alicyclic amines) is 1. The van der Waals surface area contributed by atoms with Crippen LogP contribution in [-0.4, -0.2) is 65.9 Å². The van der Waals surface area contributed by atoms with Crippen LogP contribution in [0.25, 0.3) is 10.9 Å². The van der Waals surface area contributed by atoms with E-state index in [4.69, 9.17) is 9.73 Å². The Labute approximate surface area is 227 Å². The third-order valence-corrected chi connectivity index (χ3v) is 6.98. The van der Waals surface area contributed by atoms with Crippen LogP contribution >= 0.6 is 0 Å². The highest BCUT2D eigenvalue weighted by molar-refractivity contribution is 6.22. The number of nitrogens with one attached hydrogen (secondary N) is 1. The molecule has 1 saturated heterocycles. The molecule has 0 bridgehead atoms. The molecule has 1 aliphatic heterocycles. The third kappa shape index (κ3) is 5.71. The number of aliphatic imine (C=N–C) groups is 1. The first-order valence-corrected chi connectivity index (χ1v) is 13.2. The van der Waals surface area contributed by atoms with Gasteiger partial charge in [-0.3, -0.25) is 9.69 Å². The fraction of sp³-hybridized carbons (Fsp3) is 0.258. The molecular formula is C31H32N4O4. The standard InChI is InChI=1S/C31H32N4O4/c1-3-39-31(38)22-11-16-25-26(19-22)33-30(37)28(25)29(21-9-5-4-6-10-21)32-23-12-14-24(15-13-23)34(2)27(36)20-35-17-7-8-18-35/h4-6,9-16,19,33,37H,3,7-8,17-18,20H2,1-2H3. The number of anilines is 1. The van der Waals surface area contributed by atoms with E-state index in [2.05, 4.69) is 9.88 Å². The van der Waals surface area contributed by atoms with Gasteiger partial charge in [0.1, 0.15) is 0 Å². The first-order chi connectivity index (χ1) is 18.9. The number of hydrogen-bond donors (Lipinski definition) is 2. The highest BCUT2D eigenvalue weighted by atomic mass is 16.5. The van der Waals surface area contributed by atoms with Gasteiger partial charge in [-0.1, -0.05) is 36.4 Å². The minimum Gasteiger partial charge on any atom is -0.494 e. The number of aromatic nitrogens is 1. The summed E-state index contributed by atoms with van der Waals surface area (Å²) in [5.74, 6) is -0.405. The van der Waals surface area contributed by atoms with Crippen LogP contribution in [0.2, 0.25) is 0 Å². The molecule has 4 aromatic rings. The molecule has 3 aromatic carbocycles. The molecule has 1 amide bonds. The van der Waals surface area contributed by atoms with Gasteiger partial charge in [-0.2, -0.15) is 0 Å². The van der Waals surface area contributed by atoms with Gasteiger partial charge < -0.3 is 19.7 Å². The lowest BCUT2D eigenvalue weighted by Crippen LogP contribution is -2.37. The van der Waals surface area contributed by atoms with E-state index >= 15 is 0 Å². The predicted octanol–water partition coefficient (Wildman–Crippen LogP) is 5.28. The maximum absolute atomic E-state index is 12.8. The SMILES string of the molecule is CCOC(=O)c1ccc2c(C(=Nc3ccc(N(C)C(=O)CN4CCCC4)cc3)c3ccccc3)c(O)[nH]c2c1. The van der Waals surface area contributed by atoms with E-state index in [1.165, 1.54) is 0 Å². The fourth-order valence-electron chi connectivity index (χ4n) is 4.89. The van der Waals surface area contributed by atoms with Gasteiger partial charge in [-0.25, -0.2) is 9.79 Å². The van der Waals surface area contributed by atoms with E-state index < -0.39 is 5.97 Å². The number of carbonyl (C=O) groups is 2. The molecule has 2 N–H and O–H groups in total. The molecule has 1 aliphatic rings. The van der Waals surface area contributed by atoms with Gasteiger partial charge in [-0.05, 0) is 69.3 Å². The number of rotatable bonds is 8. The van der Waals surface area contributed by atoms with Crippen LogP contribution in [0.15, 0.2) is 77.8 Å². The number of hydrogen-bond acceptors (Lipinski definition) is 6. The number of esters is 1. The summed E-state index contributed by atoms with van der Waals surface area (Å²) in [6.07, 6.45) is 2.29. The van der Waals surface area contributed by atoms with Gasteiger partial charge in [0.2, 0.25) is 5.91 Å². The molecule has 8 heteroatoms. The first kappa shape index (κ1) is 26.2. The minimum atomic E-state index is -0.420. The summed E-state index contributed by atoms with van der Waals surface area (Å²) >= 11 is 0. The van der Waals surface area contributed by atoms with Gasteiger partial charge in [0.05, 0.1) is 35.7 Å². The molecule has 1 fully saturated rings. The Morgan fingerprint density at radius 2 is 1.72 bits per heavy atom. The zero-order valence-corrected chi connectivity index (χ0v) is 22.2. The maximum Gasteiger partial charge on any atom is 0.338 e. The van der Waals surface area contributed by atoms with Crippen molar-refractivity contribution in [3.05, 3.63) is 89.5 Å². The summed E-state index contributed by atoms with van der Waals surface area (Å²) in [5.41, 5.74) is 4.41. The van der Waals surface area contributed by atoms with E-state index in [1.54, 1.807) is 37.1 Å². The van der Waals surface area contributed by atoms with E-state index in [1.807, 2.05) is 54.6 Å². The molecule has 0 radical (unpaired) electrons. The van der Waals surface area contributed by atoms with Crippen molar-refractivity contribution in [2.24, 2.45) is 4.99 Å². The Morgan fingerprint density at radius 1 is 1.00 bits per heavy atom. The monoisotopic (exact) mass is 524 g/mol. The molecule has 0 unspecified atom stereocenters. The topological polar surface area (TPSA) is 98.2 Å². The zero-order chi connectivity index (χ0) is 27.4. The van der Waals surface area contributed by atoms with E-state index in [0.717, 1.165) is 42.6 Å². The average Bonchev–Trinajstić information content (AvgIpc) is 3.58. The molecular weight excluding hydrogens is 492 g/mol. The first-order valence-electron chi connectivity index (χ1n) is 13.2. The number of ether oxygens (including phenoxy) is 1. The number of amides is 1. The third-order valence-electron chi connectivity index (χ3n) is 6.98. The highest BCUT2D eigenvalue weighted by Crippen LogP contribution is 2.32. The Bertz CT molecular complexity index is 1500. The summed E-state index contributed by atoms with van der Waals surface area (Å²) in [6.45, 7) is 4.41. The molecule has 0 aliphatic carbocycles. The summed E-state index contributed by atoms with van der Waals surface area (Å²) in [6, 6.07) is 22.2. The van der Waals surface area contributed by atoms with Crippen LogP contribution in [-0.2, 0) is 9.53 Å². The van der Waals surface area contributed by atoms with Crippen molar-refractivity contribution in [3.8, 4) is 5.88 Å². The van der Waals surface area contributed by atoms with Gasteiger partial charge in [-0.15, -0.1) is 0 Å². The molecule has 5 rings (SSSR count). The van der Waals surface area contributed by atoms with Crippen LogP contribution in [0.1, 0.15) is 41.3 Å². The number of aromatic hydroxyl groups is 1. The number of benzene rings is 3. The predicted molar refractivity (Wildman–Crippen MR) is 153 cm³/mol. The Hall–Kier alpha value is -4.43. The second-order valence-corrected chi connectivity index (χ2v) is 9.61. The molecule has 39 heavy (non-hydrogen) atoms. The molecule has 0 spiro atoms. The number of nitrogens with zero attached hydrogens (tertiary/aromatic N) is 3. The average molecular weight is 525 g/mol. The second-order valence-electron chi connectivity index (χ2n) is 9.61. The number of aromatic amines is 1. The van der Waals surface area contributed by atoms with Crippen LogP contribution < -0.4 is 4.90 Å². The normalized spacial score (nSPS) is 14.1.